The zero-order chi connectivity index (χ0) is 30.5. The molecule has 0 aliphatic carbocycles. The number of fused-ring (bicyclic) bond motifs is 1. The van der Waals surface area contributed by atoms with Crippen molar-refractivity contribution in [1.82, 2.24) is 19.6 Å². The molecule has 0 saturated heterocycles. The number of anilines is 1. The van der Waals surface area contributed by atoms with E-state index in [-0.39, 0.29) is 23.2 Å². The van der Waals surface area contributed by atoms with Gasteiger partial charge < -0.3 is 15.2 Å². The van der Waals surface area contributed by atoms with E-state index in [1.165, 1.54) is 0 Å². The van der Waals surface area contributed by atoms with Gasteiger partial charge in [-0.1, -0.05) is 48.5 Å². The summed E-state index contributed by atoms with van der Waals surface area (Å²) in [6.45, 7) is 1.23. The highest BCUT2D eigenvalue weighted by atomic mass is 32.2. The quantitative estimate of drug-likeness (QED) is 0.236. The maximum absolute atomic E-state index is 14.4. The lowest BCUT2D eigenvalue weighted by molar-refractivity contribution is 0.0951. The standard InChI is InChI=1S/C33H30N6O3S2/c34-17-25-11-13-31-27(15-25)20-39(29(16-24-7-3-1-4-8-24)22-38(31)21-28-18-35-23-37-28)44(41,42)32-14-12-30(43-32)19-36-33(40)26-9-5-2-6-10-26/h1-15,18,23,29H,16,19-22H2,(H,35,37)(H,36,40). The van der Waals surface area contributed by atoms with Crippen LogP contribution in [0.2, 0.25) is 0 Å². The molecular formula is C33H30N6O3S2. The maximum Gasteiger partial charge on any atom is 0.253 e. The normalized spacial score (nSPS) is 15.2. The van der Waals surface area contributed by atoms with Crippen LogP contribution in [0.4, 0.5) is 5.69 Å². The molecule has 1 aliphatic rings. The van der Waals surface area contributed by atoms with Gasteiger partial charge >= 0.3 is 0 Å². The first-order chi connectivity index (χ1) is 21.4. The van der Waals surface area contributed by atoms with Gasteiger partial charge in [0.1, 0.15) is 4.21 Å². The van der Waals surface area contributed by atoms with E-state index in [0.29, 0.717) is 30.6 Å². The van der Waals surface area contributed by atoms with Crippen LogP contribution in [0.3, 0.4) is 0 Å². The Bertz CT molecular complexity index is 1880. The number of sulfonamides is 1. The molecule has 1 atom stereocenters. The largest absolute Gasteiger partial charge is 0.364 e. The van der Waals surface area contributed by atoms with Crippen molar-refractivity contribution >= 4 is 33.0 Å². The third kappa shape index (κ3) is 6.43. The van der Waals surface area contributed by atoms with Crippen molar-refractivity contribution in [3.63, 3.8) is 0 Å². The number of nitrogens with zero attached hydrogens (tertiary/aromatic N) is 4. The highest BCUT2D eigenvalue weighted by Gasteiger charge is 2.37. The number of hydrogen-bond donors (Lipinski definition) is 2. The van der Waals surface area contributed by atoms with Crippen LogP contribution in [0.5, 0.6) is 0 Å². The maximum atomic E-state index is 14.4. The number of aromatic amines is 1. The van der Waals surface area contributed by atoms with Crippen molar-refractivity contribution in [2.75, 3.05) is 11.4 Å². The second-order valence-electron chi connectivity index (χ2n) is 10.6. The molecule has 1 amide bonds. The molecule has 0 fully saturated rings. The first-order valence-electron chi connectivity index (χ1n) is 14.1. The highest BCUT2D eigenvalue weighted by Crippen LogP contribution is 2.35. The minimum atomic E-state index is -3.96. The molecule has 3 aromatic carbocycles. The van der Waals surface area contributed by atoms with Crippen LogP contribution in [0.25, 0.3) is 0 Å². The Morgan fingerprint density at radius 3 is 2.55 bits per heavy atom. The van der Waals surface area contributed by atoms with Crippen molar-refractivity contribution in [1.29, 1.82) is 5.26 Å². The van der Waals surface area contributed by atoms with Crippen LogP contribution in [0.1, 0.15) is 37.6 Å². The van der Waals surface area contributed by atoms with Gasteiger partial charge in [-0.15, -0.1) is 11.3 Å². The summed E-state index contributed by atoms with van der Waals surface area (Å²) in [6, 6.07) is 29.4. The summed E-state index contributed by atoms with van der Waals surface area (Å²) < 4.78 is 30.7. The number of rotatable bonds is 9. The lowest BCUT2D eigenvalue weighted by Crippen LogP contribution is -2.45. The second kappa shape index (κ2) is 12.9. The average molecular weight is 623 g/mol. The number of H-pyrrole nitrogens is 1. The zero-order valence-electron chi connectivity index (χ0n) is 23.8. The molecule has 0 saturated carbocycles. The van der Waals surface area contributed by atoms with E-state index in [1.807, 2.05) is 48.7 Å². The summed E-state index contributed by atoms with van der Waals surface area (Å²) >= 11 is 1.15. The first kappa shape index (κ1) is 29.3. The summed E-state index contributed by atoms with van der Waals surface area (Å²) in [5.41, 5.74) is 4.49. The number of thiophene rings is 1. The fourth-order valence-electron chi connectivity index (χ4n) is 5.45. The molecule has 1 aliphatic heterocycles. The van der Waals surface area contributed by atoms with E-state index < -0.39 is 16.1 Å². The highest BCUT2D eigenvalue weighted by molar-refractivity contribution is 7.91. The van der Waals surface area contributed by atoms with E-state index in [1.54, 1.807) is 59.2 Å². The Balaban J connectivity index is 1.33. The molecule has 9 nitrogen and oxygen atoms in total. The van der Waals surface area contributed by atoms with Gasteiger partial charge in [-0.3, -0.25) is 4.79 Å². The van der Waals surface area contributed by atoms with Gasteiger partial charge in [0.25, 0.3) is 15.9 Å². The van der Waals surface area contributed by atoms with Crippen LogP contribution in [0.15, 0.2) is 108 Å². The summed E-state index contributed by atoms with van der Waals surface area (Å²) in [5, 5.41) is 12.5. The predicted octanol–water partition coefficient (Wildman–Crippen LogP) is 5.10. The van der Waals surface area contributed by atoms with Crippen LogP contribution >= 0.6 is 11.3 Å². The Kier molecular flexibility index (Phi) is 8.56. The Hall–Kier alpha value is -4.76. The molecule has 1 unspecified atom stereocenters. The van der Waals surface area contributed by atoms with E-state index in [4.69, 9.17) is 0 Å². The smallest absolute Gasteiger partial charge is 0.253 e. The molecule has 5 aromatic rings. The van der Waals surface area contributed by atoms with E-state index in [0.717, 1.165) is 38.7 Å². The molecule has 6 rings (SSSR count). The Morgan fingerprint density at radius 2 is 1.82 bits per heavy atom. The molecule has 222 valence electrons. The van der Waals surface area contributed by atoms with Crippen LogP contribution in [-0.4, -0.2) is 41.2 Å². The molecule has 3 heterocycles. The summed E-state index contributed by atoms with van der Waals surface area (Å²) in [7, 11) is -3.96. The van der Waals surface area contributed by atoms with E-state index in [2.05, 4.69) is 26.3 Å². The van der Waals surface area contributed by atoms with Crippen molar-refractivity contribution in [3.05, 3.63) is 136 Å². The number of nitriles is 1. The number of benzene rings is 3. The lowest BCUT2D eigenvalue weighted by Gasteiger charge is -2.31. The van der Waals surface area contributed by atoms with Crippen LogP contribution < -0.4 is 10.2 Å². The number of aromatic nitrogens is 2. The summed E-state index contributed by atoms with van der Waals surface area (Å²) in [5.74, 6) is -0.222. The third-order valence-corrected chi connectivity index (χ3v) is 11.0. The first-order valence-corrected chi connectivity index (χ1v) is 16.4. The molecule has 2 aromatic heterocycles. The minimum absolute atomic E-state index is 0.111. The third-order valence-electron chi connectivity index (χ3n) is 7.59. The topological polar surface area (TPSA) is 122 Å². The van der Waals surface area contributed by atoms with Crippen LogP contribution in [0, 0.1) is 11.3 Å². The SMILES string of the molecule is N#Cc1ccc2c(c1)CN(S(=O)(=O)c1ccc(CNC(=O)c3ccccc3)s1)C(Cc1ccccc1)CN2Cc1c[nH]cn1. The summed E-state index contributed by atoms with van der Waals surface area (Å²) in [6.07, 6.45) is 3.96. The predicted molar refractivity (Wildman–Crippen MR) is 169 cm³/mol. The number of amides is 1. The Morgan fingerprint density at radius 1 is 1.05 bits per heavy atom. The number of carbonyl (C=O) groups is 1. The van der Waals surface area contributed by atoms with E-state index >= 15 is 0 Å². The van der Waals surface area contributed by atoms with Gasteiger partial charge in [0.05, 0.1) is 36.7 Å². The molecule has 2 N–H and O–H groups in total. The molecule has 11 heteroatoms. The average Bonchev–Trinajstić information content (AvgIpc) is 3.73. The van der Waals surface area contributed by atoms with Crippen molar-refractivity contribution in [2.45, 2.75) is 36.3 Å². The zero-order valence-corrected chi connectivity index (χ0v) is 25.4. The molecule has 44 heavy (non-hydrogen) atoms. The second-order valence-corrected chi connectivity index (χ2v) is 13.8. The monoisotopic (exact) mass is 622 g/mol. The van der Waals surface area contributed by atoms with Gasteiger partial charge in [0, 0.05) is 41.5 Å². The Labute approximate surface area is 260 Å². The minimum Gasteiger partial charge on any atom is -0.364 e. The summed E-state index contributed by atoms with van der Waals surface area (Å²) in [4.78, 5) is 22.9. The molecular weight excluding hydrogens is 593 g/mol. The van der Waals surface area contributed by atoms with Gasteiger partial charge in [-0.05, 0) is 60.0 Å². The van der Waals surface area contributed by atoms with Gasteiger partial charge in [0.15, 0.2) is 0 Å². The van der Waals surface area contributed by atoms with Gasteiger partial charge in [-0.2, -0.15) is 9.57 Å². The molecule has 0 bridgehead atoms. The van der Waals surface area contributed by atoms with Crippen molar-refractivity contribution in [3.8, 4) is 6.07 Å². The van der Waals surface area contributed by atoms with Gasteiger partial charge in [-0.25, -0.2) is 13.4 Å². The number of hydrogen-bond acceptors (Lipinski definition) is 7. The van der Waals surface area contributed by atoms with Gasteiger partial charge in [0.2, 0.25) is 0 Å². The van der Waals surface area contributed by atoms with Crippen molar-refractivity contribution in [2.24, 2.45) is 0 Å². The fraction of sp³-hybridized carbons (Fsp3) is 0.182. The van der Waals surface area contributed by atoms with Crippen LogP contribution in [-0.2, 0) is 36.1 Å². The van der Waals surface area contributed by atoms with Crippen molar-refractivity contribution < 1.29 is 13.2 Å². The number of imidazole rings is 1. The fourth-order valence-corrected chi connectivity index (χ4v) is 8.47. The molecule has 0 spiro atoms. The van der Waals surface area contributed by atoms with E-state index in [9.17, 15) is 18.5 Å². The molecule has 0 radical (unpaired) electrons. The lowest BCUT2D eigenvalue weighted by atomic mass is 10.1. The number of nitrogens with one attached hydrogen (secondary N) is 2. The number of carbonyl (C=O) groups excluding carboxylic acids is 1.